The van der Waals surface area contributed by atoms with Crippen molar-refractivity contribution in [1.29, 1.82) is 0 Å². The molecule has 3 atom stereocenters. The van der Waals surface area contributed by atoms with Gasteiger partial charge in [0.25, 0.3) is 0 Å². The Morgan fingerprint density at radius 1 is 1.19 bits per heavy atom. The summed E-state index contributed by atoms with van der Waals surface area (Å²) in [6.45, 7) is 6.76. The fourth-order valence-electron chi connectivity index (χ4n) is 4.35. The topological polar surface area (TPSA) is 60.7 Å². The molecule has 1 aromatic carbocycles. The zero-order valence-electron chi connectivity index (χ0n) is 17.3. The lowest BCUT2D eigenvalue weighted by molar-refractivity contribution is 0.0879. The SMILES string of the molecule is CCCC/C=C\C(C)(C)c1ccc([C@H]2C[C@H](O)CC[C@@H]2CCCO)c(O)c1. The average Bonchev–Trinajstić information content (AvgIpc) is 2.64. The van der Waals surface area contributed by atoms with Crippen molar-refractivity contribution in [2.45, 2.75) is 89.6 Å². The van der Waals surface area contributed by atoms with Gasteiger partial charge in [0.1, 0.15) is 5.75 Å². The van der Waals surface area contributed by atoms with Crippen LogP contribution >= 0.6 is 0 Å². The van der Waals surface area contributed by atoms with Gasteiger partial charge in [-0.3, -0.25) is 0 Å². The Morgan fingerprint density at radius 2 is 1.96 bits per heavy atom. The number of phenols is 1. The van der Waals surface area contributed by atoms with Crippen molar-refractivity contribution in [3.05, 3.63) is 41.5 Å². The summed E-state index contributed by atoms with van der Waals surface area (Å²) in [6.07, 6.45) is 11.9. The second kappa shape index (κ2) is 10.3. The minimum atomic E-state index is -0.294. The Labute approximate surface area is 165 Å². The highest BCUT2D eigenvalue weighted by molar-refractivity contribution is 5.43. The monoisotopic (exact) mass is 374 g/mol. The quantitative estimate of drug-likeness (QED) is 0.399. The van der Waals surface area contributed by atoms with E-state index >= 15 is 0 Å². The summed E-state index contributed by atoms with van der Waals surface area (Å²) in [5.74, 6) is 0.924. The van der Waals surface area contributed by atoms with Crippen molar-refractivity contribution in [2.24, 2.45) is 5.92 Å². The number of hydrogen-bond acceptors (Lipinski definition) is 3. The molecule has 1 aliphatic carbocycles. The predicted octanol–water partition coefficient (Wildman–Crippen LogP) is 5.43. The molecule has 0 aromatic heterocycles. The van der Waals surface area contributed by atoms with E-state index in [4.69, 9.17) is 0 Å². The fraction of sp³-hybridized carbons (Fsp3) is 0.667. The van der Waals surface area contributed by atoms with Crippen LogP contribution in [-0.2, 0) is 5.41 Å². The van der Waals surface area contributed by atoms with Gasteiger partial charge in [-0.25, -0.2) is 0 Å². The van der Waals surface area contributed by atoms with Crippen LogP contribution < -0.4 is 0 Å². The van der Waals surface area contributed by atoms with Crippen molar-refractivity contribution >= 4 is 0 Å². The second-order valence-electron chi connectivity index (χ2n) is 8.74. The van der Waals surface area contributed by atoms with Crippen molar-refractivity contribution in [2.75, 3.05) is 6.61 Å². The third-order valence-corrected chi connectivity index (χ3v) is 6.13. The Balaban J connectivity index is 2.19. The molecule has 0 amide bonds. The molecule has 1 aliphatic rings. The number of aliphatic hydroxyl groups is 2. The molecule has 0 unspecified atom stereocenters. The van der Waals surface area contributed by atoms with Gasteiger partial charge >= 0.3 is 0 Å². The molecule has 0 bridgehead atoms. The van der Waals surface area contributed by atoms with Crippen LogP contribution in [0.15, 0.2) is 30.4 Å². The number of hydrogen-bond donors (Lipinski definition) is 3. The molecule has 1 aromatic rings. The van der Waals surface area contributed by atoms with Crippen LogP contribution in [0.25, 0.3) is 0 Å². The average molecular weight is 375 g/mol. The van der Waals surface area contributed by atoms with Crippen LogP contribution in [0.5, 0.6) is 5.75 Å². The van der Waals surface area contributed by atoms with Crippen LogP contribution in [0, 0.1) is 5.92 Å². The molecule has 3 N–H and O–H groups in total. The molecule has 3 nitrogen and oxygen atoms in total. The first-order chi connectivity index (χ1) is 12.9. The highest BCUT2D eigenvalue weighted by Crippen LogP contribution is 2.44. The lowest BCUT2D eigenvalue weighted by Crippen LogP contribution is -2.27. The van der Waals surface area contributed by atoms with Gasteiger partial charge in [0.2, 0.25) is 0 Å². The molecule has 3 heteroatoms. The van der Waals surface area contributed by atoms with E-state index in [0.717, 1.165) is 43.2 Å². The number of rotatable bonds is 9. The Kier molecular flexibility index (Phi) is 8.37. The van der Waals surface area contributed by atoms with Gasteiger partial charge in [0.15, 0.2) is 0 Å². The standard InChI is InChI=1S/C24H38O3/c1-4-5-6-7-14-24(2,3)19-11-13-21(23(27)16-19)22-17-20(26)12-10-18(22)9-8-15-25/h7,11,13-14,16,18,20,22,25-27H,4-6,8-10,12,15,17H2,1-3H3/b14-7-/t18-,20+,22-/m0/s1. The molecular formula is C24H38O3. The van der Waals surface area contributed by atoms with E-state index in [0.29, 0.717) is 18.1 Å². The zero-order chi connectivity index (χ0) is 19.9. The van der Waals surface area contributed by atoms with Crippen LogP contribution in [-0.4, -0.2) is 28.0 Å². The molecule has 1 fully saturated rings. The number of allylic oxidation sites excluding steroid dienone is 2. The van der Waals surface area contributed by atoms with Crippen molar-refractivity contribution in [3.63, 3.8) is 0 Å². The normalized spacial score (nSPS) is 23.8. The first kappa shape index (κ1) is 22.0. The number of aliphatic hydroxyl groups excluding tert-OH is 2. The summed E-state index contributed by atoms with van der Waals surface area (Å²) < 4.78 is 0. The summed E-state index contributed by atoms with van der Waals surface area (Å²) >= 11 is 0. The first-order valence-corrected chi connectivity index (χ1v) is 10.7. The fourth-order valence-corrected chi connectivity index (χ4v) is 4.35. The number of benzene rings is 1. The van der Waals surface area contributed by atoms with Crippen LogP contribution in [0.2, 0.25) is 0 Å². The number of aromatic hydroxyl groups is 1. The molecule has 1 saturated carbocycles. The van der Waals surface area contributed by atoms with Crippen LogP contribution in [0.4, 0.5) is 0 Å². The molecule has 0 radical (unpaired) electrons. The van der Waals surface area contributed by atoms with E-state index in [1.807, 2.05) is 6.07 Å². The second-order valence-corrected chi connectivity index (χ2v) is 8.74. The van der Waals surface area contributed by atoms with Gasteiger partial charge in [-0.15, -0.1) is 0 Å². The smallest absolute Gasteiger partial charge is 0.119 e. The first-order valence-electron chi connectivity index (χ1n) is 10.7. The minimum absolute atomic E-state index is 0.119. The van der Waals surface area contributed by atoms with Crippen molar-refractivity contribution in [1.82, 2.24) is 0 Å². The maximum Gasteiger partial charge on any atom is 0.119 e. The summed E-state index contributed by atoms with van der Waals surface area (Å²) in [4.78, 5) is 0. The zero-order valence-corrected chi connectivity index (χ0v) is 17.3. The largest absolute Gasteiger partial charge is 0.508 e. The number of phenolic OH excluding ortho intramolecular Hbond substituents is 1. The molecule has 2 rings (SSSR count). The summed E-state index contributed by atoms with van der Waals surface area (Å²) in [7, 11) is 0. The summed E-state index contributed by atoms with van der Waals surface area (Å²) in [6, 6.07) is 6.09. The van der Waals surface area contributed by atoms with E-state index in [1.165, 1.54) is 12.8 Å². The highest BCUT2D eigenvalue weighted by Gasteiger charge is 2.32. The molecule has 0 aliphatic heterocycles. The van der Waals surface area contributed by atoms with Crippen LogP contribution in [0.1, 0.15) is 89.2 Å². The van der Waals surface area contributed by atoms with Gasteiger partial charge in [0.05, 0.1) is 6.10 Å². The van der Waals surface area contributed by atoms with E-state index in [1.54, 1.807) is 0 Å². The summed E-state index contributed by atoms with van der Waals surface area (Å²) in [5, 5.41) is 30.1. The van der Waals surface area contributed by atoms with Crippen LogP contribution in [0.3, 0.4) is 0 Å². The lowest BCUT2D eigenvalue weighted by atomic mass is 9.71. The lowest BCUT2D eigenvalue weighted by Gasteiger charge is -2.35. The Bertz CT molecular complexity index is 604. The molecular weight excluding hydrogens is 336 g/mol. The van der Waals surface area contributed by atoms with Crippen molar-refractivity contribution in [3.8, 4) is 5.75 Å². The maximum atomic E-state index is 10.8. The highest BCUT2D eigenvalue weighted by atomic mass is 16.3. The van der Waals surface area contributed by atoms with E-state index in [-0.39, 0.29) is 24.0 Å². The van der Waals surface area contributed by atoms with Gasteiger partial charge < -0.3 is 15.3 Å². The summed E-state index contributed by atoms with van der Waals surface area (Å²) in [5.41, 5.74) is 1.94. The minimum Gasteiger partial charge on any atom is -0.508 e. The predicted molar refractivity (Wildman–Crippen MR) is 112 cm³/mol. The van der Waals surface area contributed by atoms with E-state index < -0.39 is 0 Å². The van der Waals surface area contributed by atoms with Crippen molar-refractivity contribution < 1.29 is 15.3 Å². The molecule has 0 heterocycles. The van der Waals surface area contributed by atoms with E-state index in [9.17, 15) is 15.3 Å². The van der Waals surface area contributed by atoms with Gasteiger partial charge in [0, 0.05) is 12.0 Å². The van der Waals surface area contributed by atoms with Gasteiger partial charge in [-0.1, -0.05) is 57.9 Å². The molecule has 27 heavy (non-hydrogen) atoms. The molecule has 152 valence electrons. The van der Waals surface area contributed by atoms with E-state index in [2.05, 4.69) is 45.1 Å². The third kappa shape index (κ3) is 6.08. The Morgan fingerprint density at radius 3 is 2.63 bits per heavy atom. The molecule has 0 saturated heterocycles. The Hall–Kier alpha value is -1.32. The third-order valence-electron chi connectivity index (χ3n) is 6.13. The maximum absolute atomic E-state index is 10.8. The van der Waals surface area contributed by atoms with Gasteiger partial charge in [-0.05, 0) is 67.6 Å². The number of unbranched alkanes of at least 4 members (excludes halogenated alkanes) is 2. The van der Waals surface area contributed by atoms with Gasteiger partial charge in [-0.2, -0.15) is 0 Å². The molecule has 0 spiro atoms.